The molecular weight excluding hydrogens is 170 g/mol. The minimum atomic E-state index is -3.36. The molecule has 62 valence electrons. The molecule has 0 aliphatic heterocycles. The normalized spacial score (nSPS) is 10.2. The first kappa shape index (κ1) is 9.87. The average Bonchev–Trinajstić information content (AvgIpc) is 1.83. The van der Waals surface area contributed by atoms with E-state index in [-0.39, 0.29) is 0 Å². The van der Waals surface area contributed by atoms with Gasteiger partial charge in [-0.05, 0) is 0 Å². The van der Waals surface area contributed by atoms with Crippen molar-refractivity contribution < 1.29 is 13.2 Å². The number of hydrogen-bond donors (Lipinski definition) is 2. The number of amides is 1. The van der Waals surface area contributed by atoms with Gasteiger partial charge in [0.1, 0.15) is 0 Å². The summed E-state index contributed by atoms with van der Waals surface area (Å²) in [6.07, 6.45) is 2.29. The van der Waals surface area contributed by atoms with E-state index in [1.54, 1.807) is 5.32 Å². The Morgan fingerprint density at radius 1 is 1.64 bits per heavy atom. The fourth-order valence-corrected chi connectivity index (χ4v) is 0.696. The number of nitrogens with zero attached hydrogens (tertiary/aromatic N) is 1. The van der Waals surface area contributed by atoms with Crippen molar-refractivity contribution in [1.82, 2.24) is 10.0 Å². The van der Waals surface area contributed by atoms with Crippen molar-refractivity contribution in [2.45, 2.75) is 0 Å². The minimum Gasteiger partial charge on any atom is -0.272 e. The van der Waals surface area contributed by atoms with Crippen LogP contribution in [0.1, 0.15) is 0 Å². The van der Waals surface area contributed by atoms with Gasteiger partial charge in [0, 0.05) is 0 Å². The van der Waals surface area contributed by atoms with E-state index in [9.17, 15) is 13.2 Å². The first-order chi connectivity index (χ1) is 4.95. The molecule has 0 atom stereocenters. The molecule has 0 aliphatic rings. The average molecular weight is 177 g/mol. The summed E-state index contributed by atoms with van der Waals surface area (Å²) < 4.78 is 22.6. The van der Waals surface area contributed by atoms with Gasteiger partial charge in [0.2, 0.25) is 15.9 Å². The molecule has 0 radical (unpaired) electrons. The Labute approximate surface area is 64.2 Å². The topological polar surface area (TPSA) is 99.1 Å². The minimum absolute atomic E-state index is 0.410. The fourth-order valence-electron chi connectivity index (χ4n) is 0.303. The summed E-state index contributed by atoms with van der Waals surface area (Å²) in [5.74, 6) is -0.682. The quantitative estimate of drug-likeness (QED) is 0.390. The Morgan fingerprint density at radius 2 is 2.18 bits per heavy atom. The van der Waals surface area contributed by atoms with Gasteiger partial charge in [0.05, 0.1) is 12.8 Å². The Morgan fingerprint density at radius 3 is 2.55 bits per heavy atom. The second-order valence-electron chi connectivity index (χ2n) is 1.75. The van der Waals surface area contributed by atoms with E-state index in [1.165, 1.54) is 6.19 Å². The van der Waals surface area contributed by atoms with Crippen LogP contribution in [0.25, 0.3) is 0 Å². The van der Waals surface area contributed by atoms with Gasteiger partial charge in [-0.15, -0.1) is 0 Å². The monoisotopic (exact) mass is 177 g/mol. The van der Waals surface area contributed by atoms with Gasteiger partial charge in [-0.25, -0.2) is 13.1 Å². The van der Waals surface area contributed by atoms with E-state index < -0.39 is 22.5 Å². The predicted molar refractivity (Wildman–Crippen MR) is 36.6 cm³/mol. The van der Waals surface area contributed by atoms with E-state index >= 15 is 0 Å². The molecule has 0 saturated carbocycles. The number of sulfonamides is 1. The highest BCUT2D eigenvalue weighted by Gasteiger charge is 2.04. The van der Waals surface area contributed by atoms with Crippen LogP contribution in [0.4, 0.5) is 0 Å². The zero-order chi connectivity index (χ0) is 8.91. The van der Waals surface area contributed by atoms with Crippen LogP contribution < -0.4 is 10.0 Å². The number of carbonyl (C=O) groups excluding carboxylic acids is 1. The summed E-state index contributed by atoms with van der Waals surface area (Å²) in [5.41, 5.74) is 0. The van der Waals surface area contributed by atoms with Crippen LogP contribution in [-0.2, 0) is 14.8 Å². The molecule has 0 fully saturated rings. The Hall–Kier alpha value is -1.13. The van der Waals surface area contributed by atoms with Gasteiger partial charge in [-0.2, -0.15) is 5.26 Å². The van der Waals surface area contributed by atoms with Gasteiger partial charge in [-0.1, -0.05) is 0 Å². The Bertz CT molecular complexity index is 275. The van der Waals surface area contributed by atoms with Crippen LogP contribution in [0.15, 0.2) is 0 Å². The molecule has 0 heterocycles. The lowest BCUT2D eigenvalue weighted by Crippen LogP contribution is -2.34. The van der Waals surface area contributed by atoms with Crippen LogP contribution in [-0.4, -0.2) is 27.1 Å². The van der Waals surface area contributed by atoms with Crippen LogP contribution in [0.3, 0.4) is 0 Å². The molecule has 0 unspecified atom stereocenters. The van der Waals surface area contributed by atoms with Gasteiger partial charge >= 0.3 is 0 Å². The van der Waals surface area contributed by atoms with Gasteiger partial charge in [0.25, 0.3) is 0 Å². The van der Waals surface area contributed by atoms with Crippen molar-refractivity contribution >= 4 is 15.9 Å². The molecule has 0 aliphatic carbocycles. The summed E-state index contributed by atoms with van der Waals surface area (Å²) in [7, 11) is -3.36. The van der Waals surface area contributed by atoms with E-state index in [0.717, 1.165) is 6.26 Å². The highest BCUT2D eigenvalue weighted by molar-refractivity contribution is 7.88. The van der Waals surface area contributed by atoms with E-state index in [4.69, 9.17) is 5.26 Å². The third kappa shape index (κ3) is 6.76. The zero-order valence-electron chi connectivity index (χ0n) is 5.79. The van der Waals surface area contributed by atoms with Crippen molar-refractivity contribution in [3.63, 3.8) is 0 Å². The number of nitriles is 1. The predicted octanol–water partition coefficient (Wildman–Crippen LogP) is -1.87. The summed E-state index contributed by atoms with van der Waals surface area (Å²) in [6, 6.07) is 0. The molecule has 0 saturated heterocycles. The zero-order valence-corrected chi connectivity index (χ0v) is 6.60. The van der Waals surface area contributed by atoms with E-state index in [1.807, 2.05) is 4.72 Å². The van der Waals surface area contributed by atoms with Crippen LogP contribution in [0.5, 0.6) is 0 Å². The smallest absolute Gasteiger partial charge is 0.248 e. The van der Waals surface area contributed by atoms with Crippen molar-refractivity contribution in [1.29, 1.82) is 5.26 Å². The molecule has 11 heavy (non-hydrogen) atoms. The Kier molecular flexibility index (Phi) is 3.50. The molecule has 0 spiro atoms. The number of rotatable bonds is 3. The van der Waals surface area contributed by atoms with E-state index in [0.29, 0.717) is 0 Å². The first-order valence-electron chi connectivity index (χ1n) is 2.58. The summed E-state index contributed by atoms with van der Waals surface area (Å²) in [6.45, 7) is -0.410. The molecule has 0 bridgehead atoms. The van der Waals surface area contributed by atoms with Gasteiger partial charge < -0.3 is 0 Å². The Balaban J connectivity index is 3.75. The number of carbonyl (C=O) groups is 1. The highest BCUT2D eigenvalue weighted by atomic mass is 32.2. The lowest BCUT2D eigenvalue weighted by Gasteiger charge is -1.97. The van der Waals surface area contributed by atoms with Crippen molar-refractivity contribution in [2.24, 2.45) is 0 Å². The molecule has 7 heteroatoms. The second-order valence-corrected chi connectivity index (χ2v) is 3.59. The highest BCUT2D eigenvalue weighted by Crippen LogP contribution is 1.71. The van der Waals surface area contributed by atoms with Gasteiger partial charge in [0.15, 0.2) is 6.19 Å². The number of nitrogens with one attached hydrogen (secondary N) is 2. The summed E-state index contributed by atoms with van der Waals surface area (Å²) in [5, 5.41) is 9.66. The molecule has 1 amide bonds. The SMILES string of the molecule is CS(=O)(=O)NCC(=O)NC#N. The summed E-state index contributed by atoms with van der Waals surface area (Å²) >= 11 is 0. The van der Waals surface area contributed by atoms with Crippen molar-refractivity contribution in [3.05, 3.63) is 0 Å². The summed E-state index contributed by atoms with van der Waals surface area (Å²) in [4.78, 5) is 10.4. The second kappa shape index (κ2) is 3.90. The van der Waals surface area contributed by atoms with Crippen LogP contribution in [0, 0.1) is 11.5 Å². The molecular formula is C4H7N3O3S. The van der Waals surface area contributed by atoms with E-state index in [2.05, 4.69) is 0 Å². The molecule has 0 rings (SSSR count). The largest absolute Gasteiger partial charge is 0.272 e. The maximum absolute atomic E-state index is 10.4. The lowest BCUT2D eigenvalue weighted by atomic mass is 10.6. The third-order valence-corrected chi connectivity index (χ3v) is 1.36. The molecule has 0 aromatic rings. The molecule has 6 nitrogen and oxygen atoms in total. The third-order valence-electron chi connectivity index (χ3n) is 0.690. The maximum atomic E-state index is 10.4. The maximum Gasteiger partial charge on any atom is 0.248 e. The van der Waals surface area contributed by atoms with Crippen molar-refractivity contribution in [2.75, 3.05) is 12.8 Å². The molecule has 0 aromatic heterocycles. The molecule has 2 N–H and O–H groups in total. The fraction of sp³-hybridized carbons (Fsp3) is 0.500. The van der Waals surface area contributed by atoms with Gasteiger partial charge in [-0.3, -0.25) is 10.1 Å². The first-order valence-corrected chi connectivity index (χ1v) is 4.47. The standard InChI is InChI=1S/C4H7N3O3S/c1-11(9,10)7-2-4(8)6-3-5/h7H,2H2,1H3,(H,6,8). The lowest BCUT2D eigenvalue weighted by molar-refractivity contribution is -0.118. The van der Waals surface area contributed by atoms with Crippen LogP contribution in [0.2, 0.25) is 0 Å². The number of hydrogen-bond acceptors (Lipinski definition) is 4. The van der Waals surface area contributed by atoms with Crippen molar-refractivity contribution in [3.8, 4) is 6.19 Å². The molecule has 0 aromatic carbocycles. The van der Waals surface area contributed by atoms with Crippen LogP contribution >= 0.6 is 0 Å².